The van der Waals surface area contributed by atoms with E-state index in [2.05, 4.69) is 15.3 Å². The molecule has 25 heavy (non-hydrogen) atoms. The maximum atomic E-state index is 12.7. The van der Waals surface area contributed by atoms with Crippen LogP contribution in [0.2, 0.25) is 5.02 Å². The first kappa shape index (κ1) is 16.1. The van der Waals surface area contributed by atoms with E-state index in [1.165, 1.54) is 42.5 Å². The Hall–Kier alpha value is -2.36. The van der Waals surface area contributed by atoms with Crippen molar-refractivity contribution < 1.29 is 13.2 Å². The van der Waals surface area contributed by atoms with Crippen LogP contribution in [0.3, 0.4) is 0 Å². The normalized spacial score (nSPS) is 14.4. The lowest BCUT2D eigenvalue weighted by Crippen LogP contribution is -2.20. The van der Waals surface area contributed by atoms with Crippen molar-refractivity contribution in [3.05, 3.63) is 59.5 Å². The van der Waals surface area contributed by atoms with Gasteiger partial charge in [-0.05, 0) is 36.0 Å². The number of rotatable bonds is 2. The van der Waals surface area contributed by atoms with Gasteiger partial charge in [-0.15, -0.1) is 0 Å². The molecule has 10 heteroatoms. The molecule has 0 saturated carbocycles. The Morgan fingerprint density at radius 3 is 2.80 bits per heavy atom. The number of hydrogen-bond acceptors (Lipinski definition) is 6. The van der Waals surface area contributed by atoms with Gasteiger partial charge in [0, 0.05) is 23.5 Å². The van der Waals surface area contributed by atoms with E-state index in [-0.39, 0.29) is 15.5 Å². The second-order valence-electron chi connectivity index (χ2n) is 5.06. The number of aromatic nitrogens is 3. The highest BCUT2D eigenvalue weighted by molar-refractivity contribution is 8.01. The average Bonchev–Trinajstić information content (AvgIpc) is 3.04. The van der Waals surface area contributed by atoms with E-state index < -0.39 is 15.9 Å². The molecule has 0 radical (unpaired) electrons. The molecule has 1 aliphatic heterocycles. The van der Waals surface area contributed by atoms with E-state index >= 15 is 0 Å². The zero-order valence-corrected chi connectivity index (χ0v) is 14.8. The average molecular weight is 393 g/mol. The van der Waals surface area contributed by atoms with E-state index in [9.17, 15) is 13.2 Å². The number of nitrogens with one attached hydrogen (secondary N) is 1. The minimum atomic E-state index is -3.82. The summed E-state index contributed by atoms with van der Waals surface area (Å²) >= 11 is 7.37. The summed E-state index contributed by atoms with van der Waals surface area (Å²) in [5.41, 5.74) is 0.0545. The van der Waals surface area contributed by atoms with Gasteiger partial charge in [-0.1, -0.05) is 17.7 Å². The highest BCUT2D eigenvalue weighted by Crippen LogP contribution is 2.41. The summed E-state index contributed by atoms with van der Waals surface area (Å²) in [6.07, 6.45) is 4.30. The molecular weight excluding hydrogens is 384 g/mol. The number of fused-ring (bicyclic) bond motifs is 2. The second kappa shape index (κ2) is 5.87. The van der Waals surface area contributed by atoms with Crippen LogP contribution in [0.4, 0.5) is 5.82 Å². The lowest BCUT2D eigenvalue weighted by Gasteiger charge is -2.19. The Morgan fingerprint density at radius 1 is 1.20 bits per heavy atom. The van der Waals surface area contributed by atoms with Gasteiger partial charge in [-0.25, -0.2) is 22.4 Å². The third kappa shape index (κ3) is 2.70. The zero-order chi connectivity index (χ0) is 17.6. The molecule has 0 atom stereocenters. The van der Waals surface area contributed by atoms with Crippen molar-refractivity contribution in [2.24, 2.45) is 0 Å². The van der Waals surface area contributed by atoms with Crippen LogP contribution in [0.25, 0.3) is 0 Å². The molecule has 0 spiro atoms. The van der Waals surface area contributed by atoms with Crippen molar-refractivity contribution in [3.63, 3.8) is 0 Å². The Labute approximate surface area is 152 Å². The lowest BCUT2D eigenvalue weighted by atomic mass is 10.2. The van der Waals surface area contributed by atoms with Gasteiger partial charge in [0.2, 0.25) is 0 Å². The van der Waals surface area contributed by atoms with Crippen LogP contribution in [-0.2, 0) is 10.0 Å². The number of anilines is 1. The fourth-order valence-electron chi connectivity index (χ4n) is 2.35. The Kier molecular flexibility index (Phi) is 3.78. The fraction of sp³-hybridized carbons (Fsp3) is 0. The molecule has 0 fully saturated rings. The van der Waals surface area contributed by atoms with Crippen molar-refractivity contribution in [2.45, 2.75) is 14.9 Å². The molecule has 0 unspecified atom stereocenters. The summed E-state index contributed by atoms with van der Waals surface area (Å²) in [6.45, 7) is 0. The van der Waals surface area contributed by atoms with E-state index in [0.29, 0.717) is 15.9 Å². The number of carbonyl (C=O) groups is 1. The summed E-state index contributed by atoms with van der Waals surface area (Å²) in [4.78, 5) is 20.9. The number of imidazole rings is 1. The van der Waals surface area contributed by atoms with Gasteiger partial charge in [0.25, 0.3) is 15.9 Å². The van der Waals surface area contributed by atoms with Crippen LogP contribution >= 0.6 is 23.4 Å². The topological polar surface area (TPSA) is 93.9 Å². The SMILES string of the molecule is O=C(Nc1ccccn1)c1cc2c(cc1Cl)Sc1nccn1S2(=O)=O. The summed E-state index contributed by atoms with van der Waals surface area (Å²) in [5, 5.41) is 3.07. The molecular formula is C15H9ClN4O3S2. The molecule has 1 aliphatic rings. The molecule has 1 aromatic carbocycles. The van der Waals surface area contributed by atoms with Crippen molar-refractivity contribution in [2.75, 3.05) is 5.32 Å². The van der Waals surface area contributed by atoms with Gasteiger partial charge >= 0.3 is 0 Å². The van der Waals surface area contributed by atoms with Crippen LogP contribution in [0.5, 0.6) is 0 Å². The first-order chi connectivity index (χ1) is 12.0. The van der Waals surface area contributed by atoms with Gasteiger partial charge in [0.05, 0.1) is 10.6 Å². The van der Waals surface area contributed by atoms with Crippen LogP contribution in [-0.4, -0.2) is 28.3 Å². The molecule has 7 nitrogen and oxygen atoms in total. The molecule has 0 saturated heterocycles. The number of halogens is 1. The minimum Gasteiger partial charge on any atom is -0.307 e. The van der Waals surface area contributed by atoms with Gasteiger partial charge in [-0.3, -0.25) is 4.79 Å². The molecule has 2 aromatic heterocycles. The van der Waals surface area contributed by atoms with Gasteiger partial charge in [0.1, 0.15) is 10.7 Å². The Balaban J connectivity index is 1.78. The molecule has 3 heterocycles. The molecule has 1 N–H and O–H groups in total. The summed E-state index contributed by atoms with van der Waals surface area (Å²) < 4.78 is 26.5. The summed E-state index contributed by atoms with van der Waals surface area (Å²) in [6, 6.07) is 7.80. The number of pyridine rings is 1. The predicted octanol–water partition coefficient (Wildman–Crippen LogP) is 2.89. The number of nitrogens with zero attached hydrogens (tertiary/aromatic N) is 3. The number of amides is 1. The number of hydrogen-bond donors (Lipinski definition) is 1. The van der Waals surface area contributed by atoms with Gasteiger partial charge in [0.15, 0.2) is 5.16 Å². The highest BCUT2D eigenvalue weighted by atomic mass is 35.5. The van der Waals surface area contributed by atoms with Crippen molar-refractivity contribution >= 4 is 45.1 Å². The maximum absolute atomic E-state index is 12.7. The molecule has 3 aromatic rings. The van der Waals surface area contributed by atoms with Crippen molar-refractivity contribution in [1.29, 1.82) is 0 Å². The first-order valence-corrected chi connectivity index (χ1v) is 9.63. The number of carbonyl (C=O) groups excluding carboxylic acids is 1. The number of benzene rings is 1. The smallest absolute Gasteiger partial charge is 0.270 e. The van der Waals surface area contributed by atoms with Crippen LogP contribution in [0, 0.1) is 0 Å². The summed E-state index contributed by atoms with van der Waals surface area (Å²) in [5.74, 6) is -0.196. The quantitative estimate of drug-likeness (QED) is 0.563. The van der Waals surface area contributed by atoms with Gasteiger partial charge < -0.3 is 5.32 Å². The molecule has 0 aliphatic carbocycles. The van der Waals surface area contributed by atoms with E-state index in [4.69, 9.17) is 11.6 Å². The van der Waals surface area contributed by atoms with E-state index in [0.717, 1.165) is 3.97 Å². The van der Waals surface area contributed by atoms with E-state index in [1.807, 2.05) is 0 Å². The summed E-state index contributed by atoms with van der Waals surface area (Å²) in [7, 11) is -3.82. The first-order valence-electron chi connectivity index (χ1n) is 6.99. The van der Waals surface area contributed by atoms with Crippen LogP contribution < -0.4 is 5.32 Å². The van der Waals surface area contributed by atoms with Crippen molar-refractivity contribution in [1.82, 2.24) is 13.9 Å². The van der Waals surface area contributed by atoms with Crippen LogP contribution in [0.1, 0.15) is 10.4 Å². The fourth-order valence-corrected chi connectivity index (χ4v) is 5.57. The Bertz CT molecular complexity index is 1100. The van der Waals surface area contributed by atoms with Crippen LogP contribution in [0.15, 0.2) is 63.9 Å². The zero-order valence-electron chi connectivity index (χ0n) is 12.4. The molecule has 126 valence electrons. The van der Waals surface area contributed by atoms with E-state index in [1.54, 1.807) is 18.2 Å². The molecule has 1 amide bonds. The Morgan fingerprint density at radius 2 is 2.04 bits per heavy atom. The largest absolute Gasteiger partial charge is 0.307 e. The maximum Gasteiger partial charge on any atom is 0.270 e. The third-order valence-corrected chi connectivity index (χ3v) is 6.80. The minimum absolute atomic E-state index is 0.0126. The monoisotopic (exact) mass is 392 g/mol. The predicted molar refractivity (Wildman–Crippen MR) is 92.6 cm³/mol. The van der Waals surface area contributed by atoms with Gasteiger partial charge in [-0.2, -0.15) is 0 Å². The standard InChI is InChI=1S/C15H9ClN4O3S2/c16-10-8-11-12(25(22,23)20-6-5-18-15(20)24-11)7-9(10)14(21)19-13-3-1-2-4-17-13/h1-8H,(H,17,19,21). The molecule has 4 rings (SSSR count). The molecule has 0 bridgehead atoms. The van der Waals surface area contributed by atoms with Crippen molar-refractivity contribution in [3.8, 4) is 0 Å². The highest BCUT2D eigenvalue weighted by Gasteiger charge is 2.32. The second-order valence-corrected chi connectivity index (χ2v) is 8.26. The lowest BCUT2D eigenvalue weighted by molar-refractivity contribution is 0.102. The third-order valence-electron chi connectivity index (χ3n) is 3.50.